The van der Waals surface area contributed by atoms with Crippen LogP contribution in [0.15, 0.2) is 41.3 Å². The second kappa shape index (κ2) is 5.97. The molecule has 3 rings (SSSR count). The summed E-state index contributed by atoms with van der Waals surface area (Å²) < 4.78 is 28.7. The molecular weight excluding hydrogens is 330 g/mol. The standard InChI is InChI=1S/C17H14F2N4O2/c1-22(2)14-6-4-10-15(24)11(16(20)25)8-23(17(10)21-14)13-5-3-9(18)7-12(13)19/h3-8H,1-2H3,(H2,20,25). The molecule has 0 bridgehead atoms. The van der Waals surface area contributed by atoms with Crippen LogP contribution < -0.4 is 16.1 Å². The minimum absolute atomic E-state index is 0.0580. The van der Waals surface area contributed by atoms with Crippen LogP contribution in [-0.4, -0.2) is 29.6 Å². The fraction of sp³-hybridized carbons (Fsp3) is 0.118. The van der Waals surface area contributed by atoms with Crippen LogP contribution in [0.5, 0.6) is 0 Å². The zero-order chi connectivity index (χ0) is 18.3. The fourth-order valence-electron chi connectivity index (χ4n) is 2.48. The Morgan fingerprint density at radius 2 is 1.92 bits per heavy atom. The molecule has 0 aliphatic heterocycles. The van der Waals surface area contributed by atoms with Gasteiger partial charge in [0, 0.05) is 26.4 Å². The van der Waals surface area contributed by atoms with Crippen LogP contribution in [0.25, 0.3) is 16.7 Å². The first-order chi connectivity index (χ1) is 11.8. The number of nitrogens with two attached hydrogens (primary N) is 1. The highest BCUT2D eigenvalue weighted by atomic mass is 19.1. The van der Waals surface area contributed by atoms with E-state index in [1.807, 2.05) is 0 Å². The minimum Gasteiger partial charge on any atom is -0.365 e. The van der Waals surface area contributed by atoms with Crippen molar-refractivity contribution in [3.05, 3.63) is 63.9 Å². The first kappa shape index (κ1) is 16.6. The second-order valence-corrected chi connectivity index (χ2v) is 5.64. The molecule has 0 saturated carbocycles. The number of halogens is 2. The van der Waals surface area contributed by atoms with Gasteiger partial charge in [0.1, 0.15) is 23.0 Å². The van der Waals surface area contributed by atoms with Crippen molar-refractivity contribution in [3.63, 3.8) is 0 Å². The van der Waals surface area contributed by atoms with Crippen molar-refractivity contribution in [3.8, 4) is 5.69 Å². The zero-order valence-corrected chi connectivity index (χ0v) is 13.5. The molecule has 25 heavy (non-hydrogen) atoms. The van der Waals surface area contributed by atoms with Crippen molar-refractivity contribution in [1.82, 2.24) is 9.55 Å². The topological polar surface area (TPSA) is 81.2 Å². The van der Waals surface area contributed by atoms with Crippen molar-refractivity contribution in [2.45, 2.75) is 0 Å². The predicted octanol–water partition coefficient (Wildman–Crippen LogP) is 1.83. The SMILES string of the molecule is CN(C)c1ccc2c(=O)c(C(N)=O)cn(-c3ccc(F)cc3F)c2n1. The van der Waals surface area contributed by atoms with Crippen molar-refractivity contribution in [2.24, 2.45) is 5.73 Å². The van der Waals surface area contributed by atoms with E-state index in [4.69, 9.17) is 5.73 Å². The largest absolute Gasteiger partial charge is 0.365 e. The number of hydrogen-bond donors (Lipinski definition) is 1. The molecule has 0 atom stereocenters. The summed E-state index contributed by atoms with van der Waals surface area (Å²) in [6.45, 7) is 0. The predicted molar refractivity (Wildman–Crippen MR) is 90.1 cm³/mol. The van der Waals surface area contributed by atoms with Crippen molar-refractivity contribution in [2.75, 3.05) is 19.0 Å². The molecule has 0 unspecified atom stereocenters. The number of primary amides is 1. The van der Waals surface area contributed by atoms with Crippen molar-refractivity contribution in [1.29, 1.82) is 0 Å². The van der Waals surface area contributed by atoms with E-state index in [0.29, 0.717) is 11.9 Å². The third-order valence-corrected chi connectivity index (χ3v) is 3.73. The summed E-state index contributed by atoms with van der Waals surface area (Å²) in [5.74, 6) is -2.03. The van der Waals surface area contributed by atoms with E-state index in [1.54, 1.807) is 25.1 Å². The third kappa shape index (κ3) is 2.82. The van der Waals surface area contributed by atoms with Crippen molar-refractivity contribution < 1.29 is 13.6 Å². The number of fused-ring (bicyclic) bond motifs is 1. The normalized spacial score (nSPS) is 10.9. The molecule has 0 aliphatic carbocycles. The Bertz CT molecular complexity index is 1060. The van der Waals surface area contributed by atoms with Crippen LogP contribution in [0.2, 0.25) is 0 Å². The molecule has 6 nitrogen and oxygen atoms in total. The number of amides is 1. The molecule has 8 heteroatoms. The number of benzene rings is 1. The van der Waals surface area contributed by atoms with Gasteiger partial charge in [-0.25, -0.2) is 13.8 Å². The number of nitrogens with zero attached hydrogens (tertiary/aromatic N) is 3. The van der Waals surface area contributed by atoms with Crippen LogP contribution in [0.3, 0.4) is 0 Å². The summed E-state index contributed by atoms with van der Waals surface area (Å²) in [5.41, 5.74) is 4.42. The fourth-order valence-corrected chi connectivity index (χ4v) is 2.48. The minimum atomic E-state index is -0.945. The smallest absolute Gasteiger partial charge is 0.254 e. The summed E-state index contributed by atoms with van der Waals surface area (Å²) in [6.07, 6.45) is 1.12. The Hall–Kier alpha value is -3.29. The molecule has 2 heterocycles. The van der Waals surface area contributed by atoms with E-state index in [9.17, 15) is 18.4 Å². The van der Waals surface area contributed by atoms with E-state index >= 15 is 0 Å². The van der Waals surface area contributed by atoms with Gasteiger partial charge in [0.2, 0.25) is 5.43 Å². The number of anilines is 1. The molecule has 2 aromatic heterocycles. The zero-order valence-electron chi connectivity index (χ0n) is 13.5. The van der Waals surface area contributed by atoms with E-state index in [2.05, 4.69) is 4.98 Å². The van der Waals surface area contributed by atoms with Gasteiger partial charge >= 0.3 is 0 Å². The Labute approximate surface area is 141 Å². The van der Waals surface area contributed by atoms with Gasteiger partial charge in [0.25, 0.3) is 5.91 Å². The molecule has 128 valence electrons. The van der Waals surface area contributed by atoms with Gasteiger partial charge in [-0.3, -0.25) is 14.2 Å². The summed E-state index contributed by atoms with van der Waals surface area (Å²) in [4.78, 5) is 30.1. The number of pyridine rings is 2. The summed E-state index contributed by atoms with van der Waals surface area (Å²) in [7, 11) is 3.51. The molecule has 1 amide bonds. The number of carbonyl (C=O) groups excluding carboxylic acids is 1. The highest BCUT2D eigenvalue weighted by Crippen LogP contribution is 2.21. The first-order valence-electron chi connectivity index (χ1n) is 7.28. The van der Waals surface area contributed by atoms with Crippen LogP contribution in [-0.2, 0) is 0 Å². The Morgan fingerprint density at radius 1 is 1.20 bits per heavy atom. The molecule has 0 aliphatic rings. The third-order valence-electron chi connectivity index (χ3n) is 3.73. The molecule has 0 radical (unpaired) electrons. The number of rotatable bonds is 3. The Balaban J connectivity index is 2.46. The van der Waals surface area contributed by atoms with Gasteiger partial charge in [-0.05, 0) is 24.3 Å². The lowest BCUT2D eigenvalue weighted by molar-refractivity contribution is 0.0999. The lowest BCUT2D eigenvalue weighted by Crippen LogP contribution is -2.25. The molecule has 2 N–H and O–H groups in total. The van der Waals surface area contributed by atoms with Crippen molar-refractivity contribution >= 4 is 22.8 Å². The average molecular weight is 344 g/mol. The molecule has 0 fully saturated rings. The Kier molecular flexibility index (Phi) is 3.96. The highest BCUT2D eigenvalue weighted by Gasteiger charge is 2.17. The molecule has 0 saturated heterocycles. The van der Waals surface area contributed by atoms with Gasteiger partial charge in [-0.15, -0.1) is 0 Å². The number of hydrogen-bond acceptors (Lipinski definition) is 4. The molecule has 0 spiro atoms. The van der Waals surface area contributed by atoms with E-state index < -0.39 is 23.0 Å². The van der Waals surface area contributed by atoms with Gasteiger partial charge in [-0.2, -0.15) is 0 Å². The van der Waals surface area contributed by atoms with Gasteiger partial charge < -0.3 is 10.6 Å². The van der Waals surface area contributed by atoms with E-state index in [1.165, 1.54) is 16.7 Å². The van der Waals surface area contributed by atoms with Crippen LogP contribution in [0.1, 0.15) is 10.4 Å². The van der Waals surface area contributed by atoms with Gasteiger partial charge in [0.05, 0.1) is 11.1 Å². The quantitative estimate of drug-likeness (QED) is 0.786. The van der Waals surface area contributed by atoms with Crippen LogP contribution >= 0.6 is 0 Å². The molecular formula is C17H14F2N4O2. The lowest BCUT2D eigenvalue weighted by Gasteiger charge is -2.16. The maximum absolute atomic E-state index is 14.3. The summed E-state index contributed by atoms with van der Waals surface area (Å²) in [5, 5.41) is 0.102. The van der Waals surface area contributed by atoms with E-state index in [-0.39, 0.29) is 22.3 Å². The number of carbonyl (C=O) groups is 1. The maximum atomic E-state index is 14.3. The summed E-state index contributed by atoms with van der Waals surface area (Å²) in [6, 6.07) is 6.06. The highest BCUT2D eigenvalue weighted by molar-refractivity contribution is 5.96. The van der Waals surface area contributed by atoms with E-state index in [0.717, 1.165) is 12.3 Å². The maximum Gasteiger partial charge on any atom is 0.254 e. The van der Waals surface area contributed by atoms with Crippen LogP contribution in [0, 0.1) is 11.6 Å². The lowest BCUT2D eigenvalue weighted by atomic mass is 10.1. The monoisotopic (exact) mass is 344 g/mol. The average Bonchev–Trinajstić information content (AvgIpc) is 2.55. The molecule has 1 aromatic carbocycles. The first-order valence-corrected chi connectivity index (χ1v) is 7.28. The second-order valence-electron chi connectivity index (χ2n) is 5.64. The molecule has 3 aromatic rings. The number of aromatic nitrogens is 2. The van der Waals surface area contributed by atoms with Gasteiger partial charge in [0.15, 0.2) is 5.65 Å². The summed E-state index contributed by atoms with van der Waals surface area (Å²) >= 11 is 0. The van der Waals surface area contributed by atoms with Gasteiger partial charge in [-0.1, -0.05) is 0 Å². The van der Waals surface area contributed by atoms with Crippen LogP contribution in [0.4, 0.5) is 14.6 Å². The Morgan fingerprint density at radius 3 is 2.52 bits per heavy atom.